The highest BCUT2D eigenvalue weighted by molar-refractivity contribution is 5.78. The van der Waals surface area contributed by atoms with E-state index in [1.54, 1.807) is 30.9 Å². The third-order valence-corrected chi connectivity index (χ3v) is 3.79. The maximum atomic E-state index is 12.3. The van der Waals surface area contributed by atoms with Crippen LogP contribution in [0.1, 0.15) is 18.2 Å². The summed E-state index contributed by atoms with van der Waals surface area (Å²) >= 11 is 0. The number of nitrogens with zero attached hydrogens (tertiary/aromatic N) is 4. The van der Waals surface area contributed by atoms with Gasteiger partial charge in [0.15, 0.2) is 5.82 Å². The third-order valence-electron chi connectivity index (χ3n) is 3.79. The highest BCUT2D eigenvalue weighted by atomic mass is 16.1. The van der Waals surface area contributed by atoms with E-state index in [1.165, 1.54) is 0 Å². The van der Waals surface area contributed by atoms with Gasteiger partial charge in [-0.15, -0.1) is 0 Å². The van der Waals surface area contributed by atoms with Gasteiger partial charge in [-0.3, -0.25) is 14.8 Å². The molecule has 3 aromatic heterocycles. The molecule has 1 unspecified atom stereocenters. The van der Waals surface area contributed by atoms with Crippen molar-refractivity contribution in [3.05, 3.63) is 72.4 Å². The van der Waals surface area contributed by atoms with E-state index in [2.05, 4.69) is 25.3 Å². The van der Waals surface area contributed by atoms with E-state index in [0.717, 1.165) is 11.3 Å². The van der Waals surface area contributed by atoms with Gasteiger partial charge in [0.05, 0.1) is 12.2 Å². The molecule has 1 N–H and O–H groups in total. The minimum Gasteiger partial charge on any atom is -0.350 e. The van der Waals surface area contributed by atoms with Gasteiger partial charge in [-0.05, 0) is 42.3 Å². The lowest BCUT2D eigenvalue weighted by Crippen LogP contribution is -2.30. The van der Waals surface area contributed by atoms with Crippen molar-refractivity contribution >= 4 is 5.91 Å². The van der Waals surface area contributed by atoms with Gasteiger partial charge in [-0.25, -0.2) is 9.97 Å². The van der Waals surface area contributed by atoms with Crippen LogP contribution in [0.15, 0.2) is 61.2 Å². The molecule has 3 rings (SSSR count). The van der Waals surface area contributed by atoms with Gasteiger partial charge in [-0.2, -0.15) is 0 Å². The minimum absolute atomic E-state index is 0.00480. The first-order valence-electron chi connectivity index (χ1n) is 8.12. The molecule has 0 aliphatic carbocycles. The van der Waals surface area contributed by atoms with Crippen LogP contribution in [0.2, 0.25) is 0 Å². The number of pyridine rings is 2. The van der Waals surface area contributed by atoms with Crippen molar-refractivity contribution in [2.75, 3.05) is 0 Å². The van der Waals surface area contributed by atoms with Crippen molar-refractivity contribution in [3.63, 3.8) is 0 Å². The van der Waals surface area contributed by atoms with Gasteiger partial charge >= 0.3 is 0 Å². The zero-order valence-corrected chi connectivity index (χ0v) is 14.0. The smallest absolute Gasteiger partial charge is 0.223 e. The van der Waals surface area contributed by atoms with E-state index in [4.69, 9.17) is 0 Å². The molecular weight excluding hydrogens is 314 g/mol. The molecule has 1 amide bonds. The molecule has 0 radical (unpaired) electrons. The second-order valence-electron chi connectivity index (χ2n) is 5.77. The molecule has 6 nitrogen and oxygen atoms in total. The predicted molar refractivity (Wildman–Crippen MR) is 94.2 cm³/mol. The monoisotopic (exact) mass is 333 g/mol. The van der Waals surface area contributed by atoms with Crippen molar-refractivity contribution in [1.29, 1.82) is 0 Å². The summed E-state index contributed by atoms with van der Waals surface area (Å²) in [6, 6.07) is 11.2. The van der Waals surface area contributed by atoms with Crippen LogP contribution in [0.4, 0.5) is 0 Å². The molecule has 0 fully saturated rings. The average Bonchev–Trinajstić information content (AvgIpc) is 2.68. The molecule has 126 valence electrons. The molecule has 0 saturated carbocycles. The van der Waals surface area contributed by atoms with Crippen molar-refractivity contribution in [1.82, 2.24) is 25.3 Å². The number of nitrogens with one attached hydrogen (secondary N) is 1. The maximum Gasteiger partial charge on any atom is 0.223 e. The van der Waals surface area contributed by atoms with Gasteiger partial charge in [-0.1, -0.05) is 13.0 Å². The topological polar surface area (TPSA) is 80.7 Å². The second-order valence-corrected chi connectivity index (χ2v) is 5.77. The van der Waals surface area contributed by atoms with Gasteiger partial charge in [0.2, 0.25) is 5.91 Å². The molecule has 0 aliphatic heterocycles. The molecule has 0 aliphatic rings. The Balaban J connectivity index is 1.59. The Kier molecular flexibility index (Phi) is 5.41. The summed E-state index contributed by atoms with van der Waals surface area (Å²) in [5.41, 5.74) is 2.55. The molecule has 3 aromatic rings. The second kappa shape index (κ2) is 8.10. The fourth-order valence-electron chi connectivity index (χ4n) is 2.43. The molecule has 0 aromatic carbocycles. The molecule has 0 spiro atoms. The lowest BCUT2D eigenvalue weighted by molar-refractivity contribution is -0.124. The fourth-order valence-corrected chi connectivity index (χ4v) is 2.43. The van der Waals surface area contributed by atoms with Crippen LogP contribution in [-0.4, -0.2) is 25.8 Å². The molecule has 3 heterocycles. The van der Waals surface area contributed by atoms with E-state index in [9.17, 15) is 4.79 Å². The van der Waals surface area contributed by atoms with Crippen LogP contribution in [0.3, 0.4) is 0 Å². The molecule has 25 heavy (non-hydrogen) atoms. The zero-order chi connectivity index (χ0) is 17.5. The Morgan fingerprint density at radius 3 is 2.64 bits per heavy atom. The van der Waals surface area contributed by atoms with Crippen molar-refractivity contribution in [3.8, 4) is 11.5 Å². The third kappa shape index (κ3) is 4.67. The average molecular weight is 333 g/mol. The quantitative estimate of drug-likeness (QED) is 0.749. The first kappa shape index (κ1) is 16.7. The first-order chi connectivity index (χ1) is 12.2. The minimum atomic E-state index is -0.125. The zero-order valence-electron chi connectivity index (χ0n) is 14.0. The standard InChI is InChI=1S/C19H19N5O/c1-14(12-15-5-9-20-10-6-15)19(25)23-13-16-7-11-22-18(24-16)17-4-2-3-8-21-17/h2-11,14H,12-13H2,1H3,(H,23,25). The fraction of sp³-hybridized carbons (Fsp3) is 0.211. The van der Waals surface area contributed by atoms with Crippen LogP contribution in [0.25, 0.3) is 11.5 Å². The summed E-state index contributed by atoms with van der Waals surface area (Å²) in [6.07, 6.45) is 7.53. The van der Waals surface area contributed by atoms with E-state index in [1.807, 2.05) is 37.3 Å². The largest absolute Gasteiger partial charge is 0.350 e. The van der Waals surface area contributed by atoms with Gasteiger partial charge in [0, 0.05) is 30.7 Å². The molecule has 1 atom stereocenters. The number of carbonyl (C=O) groups excluding carboxylic acids is 1. The van der Waals surface area contributed by atoms with E-state index in [-0.39, 0.29) is 11.8 Å². The Morgan fingerprint density at radius 1 is 1.04 bits per heavy atom. The summed E-state index contributed by atoms with van der Waals surface area (Å²) in [6.45, 7) is 2.27. The Morgan fingerprint density at radius 2 is 1.88 bits per heavy atom. The van der Waals surface area contributed by atoms with Gasteiger partial charge < -0.3 is 5.32 Å². The van der Waals surface area contributed by atoms with E-state index >= 15 is 0 Å². The predicted octanol–water partition coefficient (Wildman–Crippen LogP) is 2.43. The van der Waals surface area contributed by atoms with Crippen molar-refractivity contribution < 1.29 is 4.79 Å². The Bertz CT molecular complexity index is 823. The normalized spacial score (nSPS) is 11.7. The molecular formula is C19H19N5O. The summed E-state index contributed by atoms with van der Waals surface area (Å²) in [5, 5.41) is 2.93. The lowest BCUT2D eigenvalue weighted by atomic mass is 10.0. The number of carbonyl (C=O) groups is 1. The summed E-state index contributed by atoms with van der Waals surface area (Å²) < 4.78 is 0. The number of hydrogen-bond donors (Lipinski definition) is 1. The Labute approximate surface area is 146 Å². The lowest BCUT2D eigenvalue weighted by Gasteiger charge is -2.12. The maximum absolute atomic E-state index is 12.3. The van der Waals surface area contributed by atoms with E-state index < -0.39 is 0 Å². The van der Waals surface area contributed by atoms with Crippen molar-refractivity contribution in [2.45, 2.75) is 19.9 Å². The number of hydrogen-bond acceptors (Lipinski definition) is 5. The summed E-state index contributed by atoms with van der Waals surface area (Å²) in [7, 11) is 0. The van der Waals surface area contributed by atoms with Crippen LogP contribution in [0.5, 0.6) is 0 Å². The first-order valence-corrected chi connectivity index (χ1v) is 8.12. The van der Waals surface area contributed by atoms with E-state index in [0.29, 0.717) is 24.5 Å². The van der Waals surface area contributed by atoms with Crippen LogP contribution in [-0.2, 0) is 17.8 Å². The van der Waals surface area contributed by atoms with Crippen LogP contribution in [0, 0.1) is 5.92 Å². The number of rotatable bonds is 6. The van der Waals surface area contributed by atoms with Gasteiger partial charge in [0.1, 0.15) is 5.69 Å². The van der Waals surface area contributed by atoms with Crippen LogP contribution < -0.4 is 5.32 Å². The van der Waals surface area contributed by atoms with Crippen LogP contribution >= 0.6 is 0 Å². The summed E-state index contributed by atoms with van der Waals surface area (Å²) in [5.74, 6) is 0.423. The highest BCUT2D eigenvalue weighted by Crippen LogP contribution is 2.11. The summed E-state index contributed by atoms with van der Waals surface area (Å²) in [4.78, 5) is 29.2. The molecule has 6 heteroatoms. The number of amides is 1. The van der Waals surface area contributed by atoms with Gasteiger partial charge in [0.25, 0.3) is 0 Å². The SMILES string of the molecule is CC(Cc1ccncc1)C(=O)NCc1ccnc(-c2ccccn2)n1. The van der Waals surface area contributed by atoms with Crippen molar-refractivity contribution in [2.24, 2.45) is 5.92 Å². The Hall–Kier alpha value is -3.15. The molecule has 0 bridgehead atoms. The number of aromatic nitrogens is 4. The highest BCUT2D eigenvalue weighted by Gasteiger charge is 2.13. The molecule has 0 saturated heterocycles.